The fourth-order valence-electron chi connectivity index (χ4n) is 4.20. The molecule has 9 nitrogen and oxygen atoms in total. The number of imidazole rings is 1. The minimum atomic E-state index is -3.65. The highest BCUT2D eigenvalue weighted by Gasteiger charge is 2.36. The molecule has 162 valence electrons. The number of anilines is 1. The lowest BCUT2D eigenvalue weighted by Crippen LogP contribution is -2.53. The molecule has 0 radical (unpaired) electrons. The van der Waals surface area contributed by atoms with Crippen molar-refractivity contribution in [3.05, 3.63) is 36.8 Å². The Bertz CT molecular complexity index is 971. The van der Waals surface area contributed by atoms with E-state index in [0.717, 1.165) is 24.5 Å². The summed E-state index contributed by atoms with van der Waals surface area (Å²) < 4.78 is 32.4. The number of amides is 1. The monoisotopic (exact) mass is 433 g/mol. The Morgan fingerprint density at radius 2 is 1.93 bits per heavy atom. The van der Waals surface area contributed by atoms with Crippen LogP contribution in [0, 0.1) is 5.92 Å². The number of hydrogen-bond acceptors (Lipinski definition) is 6. The number of carbonyl (C=O) groups excluding carboxylic acids is 1. The van der Waals surface area contributed by atoms with Gasteiger partial charge in [-0.2, -0.15) is 4.31 Å². The smallest absolute Gasteiger partial charge is 0.260 e. The van der Waals surface area contributed by atoms with Gasteiger partial charge in [-0.25, -0.2) is 13.4 Å². The second-order valence-corrected chi connectivity index (χ2v) is 9.51. The van der Waals surface area contributed by atoms with Crippen molar-refractivity contribution >= 4 is 21.6 Å². The molecule has 2 aliphatic rings. The minimum absolute atomic E-state index is 0.0409. The van der Waals surface area contributed by atoms with Crippen molar-refractivity contribution in [1.82, 2.24) is 19.2 Å². The summed E-state index contributed by atoms with van der Waals surface area (Å²) in [4.78, 5) is 23.7. The van der Waals surface area contributed by atoms with Crippen LogP contribution in [0.4, 0.5) is 5.69 Å². The number of aromatic amines is 1. The number of para-hydroxylation sites is 2. The van der Waals surface area contributed by atoms with Crippen LogP contribution in [0.1, 0.15) is 12.8 Å². The van der Waals surface area contributed by atoms with E-state index in [0.29, 0.717) is 32.5 Å². The number of hydrogen-bond donors (Lipinski definition) is 1. The summed E-state index contributed by atoms with van der Waals surface area (Å²) in [5.74, 6) is 0.553. The number of sulfonamides is 1. The van der Waals surface area contributed by atoms with E-state index in [1.807, 2.05) is 29.2 Å². The number of ether oxygens (including phenoxy) is 1. The summed E-state index contributed by atoms with van der Waals surface area (Å²) in [6.45, 7) is 3.30. The lowest BCUT2D eigenvalue weighted by atomic mass is 9.97. The van der Waals surface area contributed by atoms with E-state index in [1.54, 1.807) is 7.11 Å². The van der Waals surface area contributed by atoms with Crippen molar-refractivity contribution in [3.63, 3.8) is 0 Å². The molecule has 1 N–H and O–H groups in total. The summed E-state index contributed by atoms with van der Waals surface area (Å²) in [5, 5.41) is 0.0704. The lowest BCUT2D eigenvalue weighted by Gasteiger charge is -2.39. The average molecular weight is 434 g/mol. The molecule has 0 aliphatic carbocycles. The second kappa shape index (κ2) is 8.65. The summed E-state index contributed by atoms with van der Waals surface area (Å²) in [5.41, 5.74) is 1.03. The van der Waals surface area contributed by atoms with Crippen LogP contribution in [0.2, 0.25) is 0 Å². The van der Waals surface area contributed by atoms with Gasteiger partial charge >= 0.3 is 0 Å². The number of nitrogens with one attached hydrogen (secondary N) is 1. The third-order valence-corrected chi connectivity index (χ3v) is 7.63. The molecule has 30 heavy (non-hydrogen) atoms. The van der Waals surface area contributed by atoms with Crippen LogP contribution in [0.25, 0.3) is 0 Å². The predicted molar refractivity (Wildman–Crippen MR) is 112 cm³/mol. The first-order valence-corrected chi connectivity index (χ1v) is 11.6. The summed E-state index contributed by atoms with van der Waals surface area (Å²) in [6.07, 6.45) is 4.03. The number of aromatic nitrogens is 2. The molecule has 2 aliphatic heterocycles. The Labute approximate surface area is 176 Å². The van der Waals surface area contributed by atoms with Gasteiger partial charge in [0.1, 0.15) is 5.75 Å². The number of rotatable bonds is 5. The van der Waals surface area contributed by atoms with Gasteiger partial charge < -0.3 is 19.5 Å². The fraction of sp³-hybridized carbons (Fsp3) is 0.500. The first kappa shape index (κ1) is 20.7. The average Bonchev–Trinajstić information content (AvgIpc) is 3.35. The van der Waals surface area contributed by atoms with E-state index < -0.39 is 10.0 Å². The van der Waals surface area contributed by atoms with Crippen LogP contribution in [-0.2, 0) is 14.8 Å². The van der Waals surface area contributed by atoms with Crippen LogP contribution in [0.15, 0.2) is 41.8 Å². The number of benzene rings is 1. The topological polar surface area (TPSA) is 98.8 Å². The molecular formula is C20H27N5O4S. The first-order chi connectivity index (χ1) is 14.5. The molecule has 1 aromatic carbocycles. The van der Waals surface area contributed by atoms with Crippen molar-refractivity contribution in [2.75, 3.05) is 51.3 Å². The summed E-state index contributed by atoms with van der Waals surface area (Å²) >= 11 is 0. The lowest BCUT2D eigenvalue weighted by molar-refractivity contribution is -0.137. The first-order valence-electron chi connectivity index (χ1n) is 10.2. The van der Waals surface area contributed by atoms with E-state index in [4.69, 9.17) is 4.74 Å². The third-order valence-electron chi connectivity index (χ3n) is 5.84. The number of nitrogens with zero attached hydrogens (tertiary/aromatic N) is 4. The van der Waals surface area contributed by atoms with E-state index in [1.165, 1.54) is 16.8 Å². The molecule has 2 saturated heterocycles. The van der Waals surface area contributed by atoms with Gasteiger partial charge in [0, 0.05) is 39.3 Å². The fourth-order valence-corrected chi connectivity index (χ4v) is 5.62. The largest absolute Gasteiger partial charge is 0.495 e. The number of carbonyl (C=O) groups is 1. The Morgan fingerprint density at radius 3 is 2.63 bits per heavy atom. The zero-order valence-electron chi connectivity index (χ0n) is 17.0. The molecular weight excluding hydrogens is 406 g/mol. The number of piperidine rings is 1. The zero-order valence-corrected chi connectivity index (χ0v) is 17.8. The Hall–Kier alpha value is -2.59. The SMILES string of the molecule is COc1ccccc1N1CCN(C(=O)C2CCCN(S(=O)(=O)c3cnc[nH]3)C2)CC1. The maximum atomic E-state index is 13.1. The van der Waals surface area contributed by atoms with Gasteiger partial charge in [0.25, 0.3) is 10.0 Å². The molecule has 1 atom stereocenters. The highest BCUT2D eigenvalue weighted by Crippen LogP contribution is 2.29. The van der Waals surface area contributed by atoms with Crippen LogP contribution >= 0.6 is 0 Å². The van der Waals surface area contributed by atoms with Crippen molar-refractivity contribution in [2.24, 2.45) is 5.92 Å². The molecule has 0 saturated carbocycles. The highest BCUT2D eigenvalue weighted by molar-refractivity contribution is 7.89. The quantitative estimate of drug-likeness (QED) is 0.760. The van der Waals surface area contributed by atoms with Crippen molar-refractivity contribution in [1.29, 1.82) is 0 Å². The standard InChI is InChI=1S/C20H27N5O4S/c1-29-18-7-3-2-6-17(18)23-9-11-24(12-10-23)20(26)16-5-4-8-25(14-16)30(27,28)19-13-21-15-22-19/h2-3,6-7,13,15-16H,4-5,8-12,14H2,1H3,(H,21,22). The molecule has 1 aromatic heterocycles. The Kier molecular flexibility index (Phi) is 5.96. The van der Waals surface area contributed by atoms with Crippen molar-refractivity contribution < 1.29 is 17.9 Å². The third kappa shape index (κ3) is 4.01. The zero-order chi connectivity index (χ0) is 21.1. The Balaban J connectivity index is 1.38. The van der Waals surface area contributed by atoms with Crippen molar-refractivity contribution in [2.45, 2.75) is 17.9 Å². The maximum absolute atomic E-state index is 13.1. The molecule has 3 heterocycles. The van der Waals surface area contributed by atoms with E-state index in [9.17, 15) is 13.2 Å². The molecule has 2 fully saturated rings. The second-order valence-electron chi connectivity index (χ2n) is 7.60. The van der Waals surface area contributed by atoms with E-state index in [-0.39, 0.29) is 23.4 Å². The van der Waals surface area contributed by atoms with Gasteiger partial charge in [0.2, 0.25) is 5.91 Å². The summed E-state index contributed by atoms with van der Waals surface area (Å²) in [7, 11) is -1.99. The van der Waals surface area contributed by atoms with Gasteiger partial charge in [-0.3, -0.25) is 4.79 Å². The van der Waals surface area contributed by atoms with Crippen LogP contribution in [0.5, 0.6) is 5.75 Å². The van der Waals surface area contributed by atoms with Gasteiger partial charge in [0.05, 0.1) is 31.2 Å². The number of H-pyrrole nitrogens is 1. The van der Waals surface area contributed by atoms with Gasteiger partial charge in [0.15, 0.2) is 5.03 Å². The number of methoxy groups -OCH3 is 1. The molecule has 10 heteroatoms. The Morgan fingerprint density at radius 1 is 1.17 bits per heavy atom. The summed E-state index contributed by atoms with van der Waals surface area (Å²) in [6, 6.07) is 7.87. The predicted octanol–water partition coefficient (Wildman–Crippen LogP) is 1.17. The molecule has 0 bridgehead atoms. The normalized spacial score (nSPS) is 20.9. The van der Waals surface area contributed by atoms with Gasteiger partial charge in [-0.05, 0) is 25.0 Å². The molecule has 4 rings (SSSR count). The highest BCUT2D eigenvalue weighted by atomic mass is 32.2. The molecule has 1 amide bonds. The molecule has 0 spiro atoms. The van der Waals surface area contributed by atoms with E-state index >= 15 is 0 Å². The minimum Gasteiger partial charge on any atom is -0.495 e. The number of piperazine rings is 1. The van der Waals surface area contributed by atoms with Gasteiger partial charge in [-0.15, -0.1) is 0 Å². The maximum Gasteiger partial charge on any atom is 0.260 e. The molecule has 2 aromatic rings. The molecule has 1 unspecified atom stereocenters. The van der Waals surface area contributed by atoms with Gasteiger partial charge in [-0.1, -0.05) is 12.1 Å². The van der Waals surface area contributed by atoms with E-state index in [2.05, 4.69) is 14.9 Å². The van der Waals surface area contributed by atoms with Crippen LogP contribution < -0.4 is 9.64 Å². The van der Waals surface area contributed by atoms with Crippen LogP contribution in [0.3, 0.4) is 0 Å². The van der Waals surface area contributed by atoms with Crippen molar-refractivity contribution in [3.8, 4) is 5.75 Å². The van der Waals surface area contributed by atoms with Crippen LogP contribution in [-0.4, -0.2) is 79.9 Å².